The summed E-state index contributed by atoms with van der Waals surface area (Å²) in [6.45, 7) is 0. The molecule has 0 amide bonds. The molecule has 1 unspecified atom stereocenters. The summed E-state index contributed by atoms with van der Waals surface area (Å²) in [6, 6.07) is 6.48. The monoisotopic (exact) mass is 510 g/mol. The molecule has 2 heterocycles. The molecular weight excluding hydrogens is 491 g/mol. The highest BCUT2D eigenvalue weighted by Crippen LogP contribution is 2.46. The van der Waals surface area contributed by atoms with Crippen LogP contribution in [-0.4, -0.2) is 44.1 Å². The van der Waals surface area contributed by atoms with Gasteiger partial charge in [-0.05, 0) is 41.5 Å². The number of thiazole rings is 1. The number of nitrogens with zero attached hydrogens (tertiary/aromatic N) is 3. The fourth-order valence-electron chi connectivity index (χ4n) is 3.87. The van der Waals surface area contributed by atoms with Crippen molar-refractivity contribution < 1.29 is 30.9 Å². The third-order valence-electron chi connectivity index (χ3n) is 5.37. The van der Waals surface area contributed by atoms with Crippen LogP contribution >= 0.6 is 11.3 Å². The number of methoxy groups -OCH3 is 1. The second-order valence-corrected chi connectivity index (χ2v) is 9.94. The van der Waals surface area contributed by atoms with Crippen LogP contribution < -0.4 is 9.64 Å². The van der Waals surface area contributed by atoms with Gasteiger partial charge in [-0.25, -0.2) is 13.4 Å². The molecule has 1 aliphatic heterocycles. The maximum absolute atomic E-state index is 13.4. The van der Waals surface area contributed by atoms with Gasteiger partial charge in [-0.15, -0.1) is 11.3 Å². The van der Waals surface area contributed by atoms with E-state index in [2.05, 4.69) is 4.98 Å². The van der Waals surface area contributed by atoms with Gasteiger partial charge >= 0.3 is 6.18 Å². The molecule has 0 fully saturated rings. The van der Waals surface area contributed by atoms with Gasteiger partial charge in [-0.1, -0.05) is 12.1 Å². The van der Waals surface area contributed by atoms with Crippen LogP contribution in [0.5, 0.6) is 5.75 Å². The molecule has 0 saturated heterocycles. The molecule has 1 atom stereocenters. The Morgan fingerprint density at radius 3 is 2.41 bits per heavy atom. The number of alkyl halides is 3. The fourth-order valence-corrected chi connectivity index (χ4v) is 5.05. The highest BCUT2D eigenvalue weighted by molar-refractivity contribution is 7.85. The first-order valence-electron chi connectivity index (χ1n) is 9.84. The molecule has 4 rings (SSSR count). The van der Waals surface area contributed by atoms with E-state index in [4.69, 9.17) is 4.74 Å². The number of ether oxygens (including phenoxy) is 1. The van der Waals surface area contributed by atoms with E-state index < -0.39 is 32.8 Å². The maximum atomic E-state index is 13.4. The average molecular weight is 511 g/mol. The Labute approximate surface area is 198 Å². The SMILES string of the molecule is COc1cc(C(F)(F)F)ccc1C1c2ccc(S(=O)(=O)[O-])cc2C=C(N(C)C)N1c1nccs1. The summed E-state index contributed by atoms with van der Waals surface area (Å²) in [6.07, 6.45) is -1.24. The Balaban J connectivity index is 2.02. The van der Waals surface area contributed by atoms with Crippen molar-refractivity contribution in [2.75, 3.05) is 26.1 Å². The quantitative estimate of drug-likeness (QED) is 0.466. The smallest absolute Gasteiger partial charge is 0.416 e. The lowest BCUT2D eigenvalue weighted by Gasteiger charge is -2.41. The van der Waals surface area contributed by atoms with E-state index in [0.717, 1.165) is 12.1 Å². The second kappa shape index (κ2) is 8.60. The average Bonchev–Trinajstić information content (AvgIpc) is 3.30. The van der Waals surface area contributed by atoms with E-state index in [1.807, 2.05) is 4.90 Å². The van der Waals surface area contributed by atoms with E-state index in [-0.39, 0.29) is 5.75 Å². The Kier molecular flexibility index (Phi) is 6.08. The first-order valence-corrected chi connectivity index (χ1v) is 12.1. The predicted octanol–water partition coefficient (Wildman–Crippen LogP) is 4.54. The van der Waals surface area contributed by atoms with Gasteiger partial charge in [0.05, 0.1) is 23.6 Å². The van der Waals surface area contributed by atoms with Crippen molar-refractivity contribution in [3.8, 4) is 5.75 Å². The summed E-state index contributed by atoms with van der Waals surface area (Å²) in [4.78, 5) is 7.61. The van der Waals surface area contributed by atoms with Gasteiger partial charge in [0.15, 0.2) is 5.13 Å². The van der Waals surface area contributed by atoms with Crippen LogP contribution in [0.15, 0.2) is 58.7 Å². The van der Waals surface area contributed by atoms with Crippen LogP contribution in [0.2, 0.25) is 0 Å². The summed E-state index contributed by atoms with van der Waals surface area (Å²) < 4.78 is 80.4. The van der Waals surface area contributed by atoms with Crippen molar-refractivity contribution in [1.29, 1.82) is 0 Å². The van der Waals surface area contributed by atoms with Crippen LogP contribution in [0.1, 0.15) is 28.3 Å². The minimum atomic E-state index is -4.71. The van der Waals surface area contributed by atoms with Crippen molar-refractivity contribution in [1.82, 2.24) is 9.88 Å². The lowest BCUT2D eigenvalue weighted by atomic mass is 9.89. The summed E-state index contributed by atoms with van der Waals surface area (Å²) in [5.41, 5.74) is 0.574. The van der Waals surface area contributed by atoms with Crippen LogP contribution in [0.3, 0.4) is 0 Å². The minimum Gasteiger partial charge on any atom is -0.744 e. The van der Waals surface area contributed by atoms with Crippen LogP contribution in [0, 0.1) is 0 Å². The first kappa shape index (κ1) is 24.0. The van der Waals surface area contributed by atoms with E-state index in [1.54, 1.807) is 36.6 Å². The van der Waals surface area contributed by atoms with Crippen molar-refractivity contribution in [3.63, 3.8) is 0 Å². The summed E-state index contributed by atoms with van der Waals surface area (Å²) in [5, 5.41) is 2.34. The maximum Gasteiger partial charge on any atom is 0.416 e. The number of hydrogen-bond acceptors (Lipinski definition) is 8. The molecule has 0 saturated carbocycles. The number of benzene rings is 2. The lowest BCUT2D eigenvalue weighted by molar-refractivity contribution is -0.137. The largest absolute Gasteiger partial charge is 0.744 e. The van der Waals surface area contributed by atoms with E-state index in [0.29, 0.717) is 27.6 Å². The molecule has 7 nitrogen and oxygen atoms in total. The molecule has 0 radical (unpaired) electrons. The zero-order valence-electron chi connectivity index (χ0n) is 18.2. The number of fused-ring (bicyclic) bond motifs is 1. The lowest BCUT2D eigenvalue weighted by Crippen LogP contribution is -2.38. The summed E-state index contributed by atoms with van der Waals surface area (Å²) >= 11 is 1.33. The number of halogens is 3. The molecular formula is C22H19F3N3O4S2-. The molecule has 1 aromatic heterocycles. The Morgan fingerprint density at radius 1 is 1.15 bits per heavy atom. The molecule has 180 valence electrons. The molecule has 12 heteroatoms. The summed E-state index contributed by atoms with van der Waals surface area (Å²) in [5.74, 6) is 0.600. The predicted molar refractivity (Wildman–Crippen MR) is 121 cm³/mol. The zero-order chi connectivity index (χ0) is 24.8. The summed E-state index contributed by atoms with van der Waals surface area (Å²) in [7, 11) is 0.111. The van der Waals surface area contributed by atoms with Gasteiger partial charge in [0, 0.05) is 31.2 Å². The van der Waals surface area contributed by atoms with Gasteiger partial charge in [-0.2, -0.15) is 13.2 Å². The molecule has 1 aliphatic rings. The van der Waals surface area contributed by atoms with Gasteiger partial charge in [-0.3, -0.25) is 4.90 Å². The molecule has 0 aliphatic carbocycles. The zero-order valence-corrected chi connectivity index (χ0v) is 19.8. The number of rotatable bonds is 5. The number of aromatic nitrogens is 1. The van der Waals surface area contributed by atoms with Gasteiger partial charge < -0.3 is 14.2 Å². The molecule has 2 aromatic carbocycles. The molecule has 34 heavy (non-hydrogen) atoms. The number of hydrogen-bond donors (Lipinski definition) is 0. The topological polar surface area (TPSA) is 85.8 Å². The number of anilines is 1. The Hall–Kier alpha value is -3.09. The van der Waals surface area contributed by atoms with Crippen LogP contribution in [0.4, 0.5) is 18.3 Å². The normalized spacial score (nSPS) is 16.1. The van der Waals surface area contributed by atoms with Crippen molar-refractivity contribution >= 4 is 32.7 Å². The standard InChI is InChI=1S/C22H20F3N3O4S2/c1-27(2)19-11-13-10-15(34(29,30)31)5-7-16(13)20(28(19)21-26-8-9-33-21)17-6-4-14(22(23,24)25)12-18(17)32-3/h4-12,20H,1-3H3,(H,29,30,31)/p-1. The third kappa shape index (κ3) is 4.36. The Bertz CT molecular complexity index is 1350. The van der Waals surface area contributed by atoms with Gasteiger partial charge in [0.1, 0.15) is 21.7 Å². The Morgan fingerprint density at radius 2 is 1.85 bits per heavy atom. The highest BCUT2D eigenvalue weighted by Gasteiger charge is 2.37. The molecule has 3 aromatic rings. The van der Waals surface area contributed by atoms with E-state index in [1.165, 1.54) is 42.7 Å². The molecule has 0 bridgehead atoms. The van der Waals surface area contributed by atoms with Crippen LogP contribution in [0.25, 0.3) is 6.08 Å². The molecule has 0 spiro atoms. The minimum absolute atomic E-state index is 0.00728. The van der Waals surface area contributed by atoms with Crippen molar-refractivity contribution in [2.24, 2.45) is 0 Å². The highest BCUT2D eigenvalue weighted by atomic mass is 32.2. The third-order valence-corrected chi connectivity index (χ3v) is 6.97. The first-order chi connectivity index (χ1) is 15.9. The fraction of sp³-hybridized carbons (Fsp3) is 0.227. The van der Waals surface area contributed by atoms with Crippen molar-refractivity contribution in [3.05, 3.63) is 76.0 Å². The van der Waals surface area contributed by atoms with E-state index >= 15 is 0 Å². The van der Waals surface area contributed by atoms with Crippen molar-refractivity contribution in [2.45, 2.75) is 17.1 Å². The molecule has 0 N–H and O–H groups in total. The van der Waals surface area contributed by atoms with Crippen LogP contribution in [-0.2, 0) is 16.3 Å². The second-order valence-electron chi connectivity index (χ2n) is 7.68. The van der Waals surface area contributed by atoms with Gasteiger partial charge in [0.2, 0.25) is 0 Å². The van der Waals surface area contributed by atoms with Gasteiger partial charge in [0.25, 0.3) is 0 Å². The van der Waals surface area contributed by atoms with E-state index in [9.17, 15) is 26.1 Å².